The van der Waals surface area contributed by atoms with Crippen molar-refractivity contribution in [1.82, 2.24) is 24.5 Å². The minimum Gasteiger partial charge on any atom is -0.491 e. The minimum absolute atomic E-state index is 0.0579. The van der Waals surface area contributed by atoms with Crippen LogP contribution in [0.2, 0.25) is 0 Å². The molecule has 6 N–H and O–H groups in total. The number of fused-ring (bicyclic) bond motifs is 3. The quantitative estimate of drug-likeness (QED) is 0.379. The van der Waals surface area contributed by atoms with E-state index in [0.717, 1.165) is 42.5 Å². The average Bonchev–Trinajstić information content (AvgIpc) is 3.41. The number of allylic oxidation sites excluding steroid dienone is 2. The molecule has 2 atom stereocenters. The van der Waals surface area contributed by atoms with Crippen molar-refractivity contribution in [1.29, 1.82) is 5.41 Å². The molecule has 2 aliphatic rings. The zero-order chi connectivity index (χ0) is 25.6. The maximum atomic E-state index is 12.3. The molecule has 11 heteroatoms. The number of ether oxygens (including phenoxy) is 1. The van der Waals surface area contributed by atoms with Crippen molar-refractivity contribution in [3.05, 3.63) is 47.7 Å². The SMILES string of the molecule is COc1c(C2CC3CCC(C2)N3C(=O)CO)nc2c(-c3ccc(C(=N)/C=C(/C)N)nc3)cnn2c1N. The molecule has 188 valence electrons. The summed E-state index contributed by atoms with van der Waals surface area (Å²) in [6.07, 6.45) is 8.23. The van der Waals surface area contributed by atoms with Gasteiger partial charge in [0.2, 0.25) is 5.91 Å². The molecule has 2 bridgehead atoms. The van der Waals surface area contributed by atoms with Crippen LogP contribution in [0.25, 0.3) is 16.8 Å². The van der Waals surface area contributed by atoms with E-state index in [1.54, 1.807) is 43.1 Å². The van der Waals surface area contributed by atoms with Gasteiger partial charge in [-0.2, -0.15) is 9.61 Å². The van der Waals surface area contributed by atoms with E-state index in [1.807, 2.05) is 11.0 Å². The summed E-state index contributed by atoms with van der Waals surface area (Å²) >= 11 is 0. The molecule has 3 aromatic rings. The molecule has 0 spiro atoms. The lowest BCUT2D eigenvalue weighted by molar-refractivity contribution is -0.138. The molecule has 5 rings (SSSR count). The van der Waals surface area contributed by atoms with Crippen LogP contribution in [0.1, 0.15) is 49.9 Å². The van der Waals surface area contributed by atoms with Gasteiger partial charge in [0.1, 0.15) is 6.61 Å². The monoisotopic (exact) mass is 490 g/mol. The molecule has 0 aliphatic carbocycles. The maximum Gasteiger partial charge on any atom is 0.248 e. The number of aliphatic hydroxyl groups is 1. The number of nitrogens with one attached hydrogen (secondary N) is 1. The molecule has 5 heterocycles. The third-order valence-electron chi connectivity index (χ3n) is 7.13. The van der Waals surface area contributed by atoms with E-state index < -0.39 is 6.61 Å². The summed E-state index contributed by atoms with van der Waals surface area (Å²) in [5.74, 6) is 0.701. The van der Waals surface area contributed by atoms with Gasteiger partial charge in [0.05, 0.1) is 30.4 Å². The van der Waals surface area contributed by atoms with Gasteiger partial charge in [-0.15, -0.1) is 0 Å². The third-order valence-corrected chi connectivity index (χ3v) is 7.13. The van der Waals surface area contributed by atoms with Crippen molar-refractivity contribution >= 4 is 23.1 Å². The van der Waals surface area contributed by atoms with Gasteiger partial charge in [-0.05, 0) is 44.7 Å². The minimum atomic E-state index is -0.467. The molecule has 2 aliphatic heterocycles. The Morgan fingerprint density at radius 2 is 2.00 bits per heavy atom. The van der Waals surface area contributed by atoms with E-state index >= 15 is 0 Å². The average molecular weight is 491 g/mol. The molecular formula is C25H30N8O3. The molecular weight excluding hydrogens is 460 g/mol. The first kappa shape index (κ1) is 23.7. The molecule has 0 radical (unpaired) electrons. The number of nitrogens with zero attached hydrogens (tertiary/aromatic N) is 5. The van der Waals surface area contributed by atoms with Gasteiger partial charge < -0.3 is 26.2 Å². The van der Waals surface area contributed by atoms with Crippen LogP contribution in [-0.4, -0.2) is 67.0 Å². The first-order chi connectivity index (χ1) is 17.3. The second-order valence-corrected chi connectivity index (χ2v) is 9.46. The number of carbonyl (C=O) groups is 1. The van der Waals surface area contributed by atoms with Gasteiger partial charge >= 0.3 is 0 Å². The van der Waals surface area contributed by atoms with E-state index in [0.29, 0.717) is 28.6 Å². The van der Waals surface area contributed by atoms with Crippen molar-refractivity contribution in [3.63, 3.8) is 0 Å². The summed E-state index contributed by atoms with van der Waals surface area (Å²) in [6.45, 7) is 1.26. The Morgan fingerprint density at radius 3 is 2.58 bits per heavy atom. The Balaban J connectivity index is 1.52. The summed E-state index contributed by atoms with van der Waals surface area (Å²) in [6, 6.07) is 3.77. The fourth-order valence-corrected chi connectivity index (χ4v) is 5.61. The number of carbonyl (C=O) groups excluding carboxylic acids is 1. The van der Waals surface area contributed by atoms with Crippen molar-refractivity contribution in [3.8, 4) is 16.9 Å². The number of amides is 1. The van der Waals surface area contributed by atoms with E-state index in [1.165, 1.54) is 0 Å². The van der Waals surface area contributed by atoms with Crippen LogP contribution >= 0.6 is 0 Å². The molecule has 1 amide bonds. The molecule has 0 saturated carbocycles. The normalized spacial score (nSPS) is 21.7. The molecule has 2 fully saturated rings. The molecule has 0 aromatic carbocycles. The first-order valence-corrected chi connectivity index (χ1v) is 11.9. The number of hydrogen-bond acceptors (Lipinski definition) is 9. The summed E-state index contributed by atoms with van der Waals surface area (Å²) in [5, 5.41) is 22.0. The number of aliphatic hydroxyl groups excluding tert-OH is 1. The summed E-state index contributed by atoms with van der Waals surface area (Å²) in [5.41, 5.74) is 16.4. The van der Waals surface area contributed by atoms with Crippen LogP contribution in [0.3, 0.4) is 0 Å². The Kier molecular flexibility index (Phi) is 6.09. The number of rotatable bonds is 6. The van der Waals surface area contributed by atoms with Crippen molar-refractivity contribution in [2.24, 2.45) is 5.73 Å². The smallest absolute Gasteiger partial charge is 0.248 e. The highest BCUT2D eigenvalue weighted by atomic mass is 16.5. The molecule has 11 nitrogen and oxygen atoms in total. The Bertz CT molecular complexity index is 1350. The topological polar surface area (TPSA) is 169 Å². The van der Waals surface area contributed by atoms with Crippen LogP contribution in [0, 0.1) is 5.41 Å². The number of aromatic nitrogens is 4. The number of hydrogen-bond donors (Lipinski definition) is 4. The van der Waals surface area contributed by atoms with Gasteiger partial charge in [-0.3, -0.25) is 15.2 Å². The van der Waals surface area contributed by atoms with Crippen LogP contribution in [0.4, 0.5) is 5.82 Å². The number of anilines is 1. The van der Waals surface area contributed by atoms with Crippen LogP contribution in [0.15, 0.2) is 36.3 Å². The van der Waals surface area contributed by atoms with E-state index in [2.05, 4.69) is 10.1 Å². The van der Waals surface area contributed by atoms with Gasteiger partial charge in [-0.1, -0.05) is 6.07 Å². The van der Waals surface area contributed by atoms with E-state index in [9.17, 15) is 9.90 Å². The number of nitrogens with two attached hydrogens (primary N) is 2. The lowest BCUT2D eigenvalue weighted by Crippen LogP contribution is -2.47. The lowest BCUT2D eigenvalue weighted by atomic mass is 9.87. The van der Waals surface area contributed by atoms with Gasteiger partial charge in [0, 0.05) is 41.0 Å². The van der Waals surface area contributed by atoms with Crippen molar-refractivity contribution < 1.29 is 14.6 Å². The highest BCUT2D eigenvalue weighted by Gasteiger charge is 2.44. The van der Waals surface area contributed by atoms with Crippen LogP contribution in [0.5, 0.6) is 5.75 Å². The molecule has 36 heavy (non-hydrogen) atoms. The van der Waals surface area contributed by atoms with E-state index in [-0.39, 0.29) is 29.6 Å². The molecule has 2 unspecified atom stereocenters. The highest BCUT2D eigenvalue weighted by Crippen LogP contribution is 2.46. The van der Waals surface area contributed by atoms with Crippen LogP contribution < -0.4 is 16.2 Å². The highest BCUT2D eigenvalue weighted by molar-refractivity contribution is 6.05. The Labute approximate surface area is 208 Å². The Morgan fingerprint density at radius 1 is 1.28 bits per heavy atom. The number of pyridine rings is 1. The zero-order valence-corrected chi connectivity index (χ0v) is 20.3. The standard InChI is InChI=1S/C25H30N8O3/c1-13(26)7-19(27)20-6-3-14(10-29-20)18-11-30-33-24(28)23(36-2)22(31-25(18)33)15-8-16-4-5-17(9-15)32(16)21(35)12-34/h3,6-7,10-11,15-17,27,34H,4-5,8-9,12,26,28H2,1-2H3/b13-7-,27-19?. The maximum absolute atomic E-state index is 12.3. The summed E-state index contributed by atoms with van der Waals surface area (Å²) in [4.78, 5) is 23.5. The predicted molar refractivity (Wildman–Crippen MR) is 135 cm³/mol. The van der Waals surface area contributed by atoms with Crippen LogP contribution in [-0.2, 0) is 4.79 Å². The Hall–Kier alpha value is -3.99. The molecule has 3 aromatic heterocycles. The zero-order valence-electron chi connectivity index (χ0n) is 20.3. The number of nitrogen functional groups attached to an aromatic ring is 1. The van der Waals surface area contributed by atoms with E-state index in [4.69, 9.17) is 26.6 Å². The van der Waals surface area contributed by atoms with Crippen molar-refractivity contribution in [2.75, 3.05) is 19.5 Å². The first-order valence-electron chi connectivity index (χ1n) is 11.9. The van der Waals surface area contributed by atoms with Gasteiger partial charge in [-0.25, -0.2) is 4.98 Å². The van der Waals surface area contributed by atoms with Gasteiger partial charge in [0.25, 0.3) is 0 Å². The second-order valence-electron chi connectivity index (χ2n) is 9.46. The lowest BCUT2D eigenvalue weighted by Gasteiger charge is -2.38. The predicted octanol–water partition coefficient (Wildman–Crippen LogP) is 1.84. The number of methoxy groups -OCH3 is 1. The molecule has 2 saturated heterocycles. The largest absolute Gasteiger partial charge is 0.491 e. The van der Waals surface area contributed by atoms with Crippen molar-refractivity contribution in [2.45, 2.75) is 50.6 Å². The van der Waals surface area contributed by atoms with Gasteiger partial charge in [0.15, 0.2) is 17.2 Å². The summed E-state index contributed by atoms with van der Waals surface area (Å²) < 4.78 is 7.25. The third kappa shape index (κ3) is 3.95. The second kappa shape index (κ2) is 9.23. The summed E-state index contributed by atoms with van der Waals surface area (Å²) in [7, 11) is 1.57. The number of piperidine rings is 1. The fraction of sp³-hybridized carbons (Fsp3) is 0.400. The fourth-order valence-electron chi connectivity index (χ4n) is 5.61.